The number of nitrogens with one attached hydrogen (secondary N) is 2. The molecule has 3 unspecified atom stereocenters. The normalized spacial score (nSPS) is 20.0. The Hall–Kier alpha value is -2.04. The maximum atomic E-state index is 12.1. The first-order valence-electron chi connectivity index (χ1n) is 6.36. The van der Waals surface area contributed by atoms with E-state index in [0.717, 1.165) is 11.3 Å². The molecule has 0 aliphatic carbocycles. The van der Waals surface area contributed by atoms with Crippen LogP contribution in [0.4, 0.5) is 5.69 Å². The second-order valence-electron chi connectivity index (χ2n) is 4.98. The molecule has 3 atom stereocenters. The molecule has 1 aliphatic rings. The largest absolute Gasteiger partial charge is 0.481 e. The molecule has 1 aromatic carbocycles. The molecule has 0 fully saturated rings. The third kappa shape index (κ3) is 2.86. The molecule has 0 radical (unpaired) electrons. The van der Waals surface area contributed by atoms with Crippen molar-refractivity contribution in [2.75, 3.05) is 5.32 Å². The van der Waals surface area contributed by atoms with Gasteiger partial charge >= 0.3 is 5.97 Å². The van der Waals surface area contributed by atoms with E-state index in [1.807, 2.05) is 24.3 Å². The molecule has 1 heterocycles. The van der Waals surface area contributed by atoms with Gasteiger partial charge in [-0.1, -0.05) is 18.2 Å². The number of para-hydroxylation sites is 1. The number of rotatable bonds is 4. The number of carboxylic acids is 1. The molecular weight excluding hydrogens is 244 g/mol. The molecule has 0 bridgehead atoms. The van der Waals surface area contributed by atoms with Crippen molar-refractivity contribution in [1.29, 1.82) is 0 Å². The highest BCUT2D eigenvalue weighted by Gasteiger charge is 2.29. The van der Waals surface area contributed by atoms with Crippen molar-refractivity contribution in [2.24, 2.45) is 5.92 Å². The van der Waals surface area contributed by atoms with Gasteiger partial charge in [0, 0.05) is 18.2 Å². The quantitative estimate of drug-likeness (QED) is 0.763. The van der Waals surface area contributed by atoms with Crippen molar-refractivity contribution in [3.63, 3.8) is 0 Å². The minimum atomic E-state index is -0.907. The average molecular weight is 262 g/mol. The molecule has 2 rings (SSSR count). The monoisotopic (exact) mass is 262 g/mol. The van der Waals surface area contributed by atoms with Gasteiger partial charge in [0.25, 0.3) is 0 Å². The summed E-state index contributed by atoms with van der Waals surface area (Å²) in [6.45, 7) is 3.29. The molecule has 0 aromatic heterocycles. The van der Waals surface area contributed by atoms with Crippen molar-refractivity contribution in [2.45, 2.75) is 32.4 Å². The van der Waals surface area contributed by atoms with E-state index >= 15 is 0 Å². The lowest BCUT2D eigenvalue weighted by molar-refractivity contribution is -0.142. The number of carboxylic acid groups (broad SMARTS) is 1. The van der Waals surface area contributed by atoms with Gasteiger partial charge in [-0.25, -0.2) is 0 Å². The summed E-state index contributed by atoms with van der Waals surface area (Å²) >= 11 is 0. The Morgan fingerprint density at radius 3 is 2.68 bits per heavy atom. The Balaban J connectivity index is 1.95. The van der Waals surface area contributed by atoms with Crippen molar-refractivity contribution >= 4 is 17.6 Å². The fraction of sp³-hybridized carbons (Fsp3) is 0.429. The number of carbonyl (C=O) groups excluding carboxylic acids is 1. The molecule has 0 saturated heterocycles. The Labute approximate surface area is 112 Å². The fourth-order valence-electron chi connectivity index (χ4n) is 2.12. The van der Waals surface area contributed by atoms with Gasteiger partial charge in [0.1, 0.15) is 6.04 Å². The van der Waals surface area contributed by atoms with Gasteiger partial charge in [-0.2, -0.15) is 0 Å². The van der Waals surface area contributed by atoms with E-state index in [2.05, 4.69) is 10.6 Å². The third-order valence-electron chi connectivity index (χ3n) is 3.60. The zero-order valence-corrected chi connectivity index (χ0v) is 11.0. The van der Waals surface area contributed by atoms with Gasteiger partial charge in [0.05, 0.1) is 5.92 Å². The van der Waals surface area contributed by atoms with Crippen molar-refractivity contribution in [1.82, 2.24) is 5.32 Å². The van der Waals surface area contributed by atoms with E-state index in [4.69, 9.17) is 5.11 Å². The number of fused-ring (bicyclic) bond motifs is 1. The fourth-order valence-corrected chi connectivity index (χ4v) is 2.12. The van der Waals surface area contributed by atoms with Gasteiger partial charge < -0.3 is 15.7 Å². The molecule has 1 amide bonds. The van der Waals surface area contributed by atoms with Crippen LogP contribution in [0.1, 0.15) is 19.4 Å². The first kappa shape index (κ1) is 13.4. The Morgan fingerprint density at radius 1 is 1.37 bits per heavy atom. The molecule has 1 aliphatic heterocycles. The predicted molar refractivity (Wildman–Crippen MR) is 72.0 cm³/mol. The number of aliphatic carboxylic acids is 1. The van der Waals surface area contributed by atoms with Crippen LogP contribution in [0.3, 0.4) is 0 Å². The van der Waals surface area contributed by atoms with E-state index in [-0.39, 0.29) is 11.9 Å². The number of anilines is 1. The minimum absolute atomic E-state index is 0.156. The Morgan fingerprint density at radius 2 is 2.05 bits per heavy atom. The van der Waals surface area contributed by atoms with Gasteiger partial charge in [-0.05, 0) is 25.5 Å². The van der Waals surface area contributed by atoms with Gasteiger partial charge in [-0.15, -0.1) is 0 Å². The molecule has 5 nitrogen and oxygen atoms in total. The van der Waals surface area contributed by atoms with Crippen molar-refractivity contribution in [3.8, 4) is 0 Å². The van der Waals surface area contributed by atoms with Gasteiger partial charge in [0.15, 0.2) is 0 Å². The first-order valence-corrected chi connectivity index (χ1v) is 6.36. The van der Waals surface area contributed by atoms with Crippen LogP contribution in [0.15, 0.2) is 24.3 Å². The Kier molecular flexibility index (Phi) is 3.74. The zero-order chi connectivity index (χ0) is 14.0. The topological polar surface area (TPSA) is 78.4 Å². The lowest BCUT2D eigenvalue weighted by Gasteiger charge is -2.20. The summed E-state index contributed by atoms with van der Waals surface area (Å²) in [5.74, 6) is -1.67. The SMILES string of the molecule is CC(NC(=O)C1Cc2ccccc2N1)C(C)C(=O)O. The highest BCUT2D eigenvalue weighted by Crippen LogP contribution is 2.25. The summed E-state index contributed by atoms with van der Waals surface area (Å²) in [6.07, 6.45) is 0.635. The molecule has 0 spiro atoms. The van der Waals surface area contributed by atoms with Gasteiger partial charge in [0.2, 0.25) is 5.91 Å². The second kappa shape index (κ2) is 5.30. The maximum absolute atomic E-state index is 12.1. The summed E-state index contributed by atoms with van der Waals surface area (Å²) in [4.78, 5) is 22.9. The van der Waals surface area contributed by atoms with Crippen LogP contribution in [-0.2, 0) is 16.0 Å². The zero-order valence-electron chi connectivity index (χ0n) is 11.0. The molecule has 0 saturated carbocycles. The van der Waals surface area contributed by atoms with Crippen molar-refractivity contribution in [3.05, 3.63) is 29.8 Å². The highest BCUT2D eigenvalue weighted by molar-refractivity contribution is 5.88. The number of amides is 1. The first-order chi connectivity index (χ1) is 8.99. The summed E-state index contributed by atoms with van der Waals surface area (Å²) in [6, 6.07) is 7.07. The molecule has 102 valence electrons. The van der Waals surface area contributed by atoms with Crippen LogP contribution < -0.4 is 10.6 Å². The molecule has 5 heteroatoms. The minimum Gasteiger partial charge on any atom is -0.481 e. The van der Waals surface area contributed by atoms with Crippen LogP contribution >= 0.6 is 0 Å². The van der Waals surface area contributed by atoms with Crippen LogP contribution in [0.5, 0.6) is 0 Å². The Bertz CT molecular complexity index is 476. The summed E-state index contributed by atoms with van der Waals surface area (Å²) in [7, 11) is 0. The van der Waals surface area contributed by atoms with E-state index in [1.54, 1.807) is 13.8 Å². The van der Waals surface area contributed by atoms with Crippen LogP contribution in [0.2, 0.25) is 0 Å². The summed E-state index contributed by atoms with van der Waals surface area (Å²) < 4.78 is 0. The third-order valence-corrected chi connectivity index (χ3v) is 3.60. The van der Waals surface area contributed by atoms with E-state index < -0.39 is 17.9 Å². The summed E-state index contributed by atoms with van der Waals surface area (Å²) in [5, 5.41) is 14.8. The summed E-state index contributed by atoms with van der Waals surface area (Å²) in [5.41, 5.74) is 2.09. The number of hydrogen-bond donors (Lipinski definition) is 3. The molecule has 19 heavy (non-hydrogen) atoms. The van der Waals surface area contributed by atoms with E-state index in [1.165, 1.54) is 0 Å². The molecule has 1 aromatic rings. The number of hydrogen-bond acceptors (Lipinski definition) is 3. The van der Waals surface area contributed by atoms with E-state index in [0.29, 0.717) is 6.42 Å². The average Bonchev–Trinajstić information content (AvgIpc) is 2.81. The molecular formula is C14H18N2O3. The predicted octanol–water partition coefficient (Wildman–Crippen LogP) is 1.25. The van der Waals surface area contributed by atoms with E-state index in [9.17, 15) is 9.59 Å². The van der Waals surface area contributed by atoms with Crippen LogP contribution in [0.25, 0.3) is 0 Å². The van der Waals surface area contributed by atoms with Gasteiger partial charge in [-0.3, -0.25) is 9.59 Å². The molecule has 3 N–H and O–H groups in total. The van der Waals surface area contributed by atoms with Crippen molar-refractivity contribution < 1.29 is 14.7 Å². The lowest BCUT2D eigenvalue weighted by atomic mass is 10.0. The highest BCUT2D eigenvalue weighted by atomic mass is 16.4. The smallest absolute Gasteiger partial charge is 0.308 e. The standard InChI is InChI=1S/C14H18N2O3/c1-8(14(18)19)9(2)15-13(17)12-7-10-5-3-4-6-11(10)16-12/h3-6,8-9,12,16H,7H2,1-2H3,(H,15,17)(H,18,19). The number of benzene rings is 1. The lowest BCUT2D eigenvalue weighted by Crippen LogP contribution is -2.46. The second-order valence-corrected chi connectivity index (χ2v) is 4.98. The maximum Gasteiger partial charge on any atom is 0.308 e. The van der Waals surface area contributed by atoms with Crippen LogP contribution in [-0.4, -0.2) is 29.1 Å². The van der Waals surface area contributed by atoms with Crippen LogP contribution in [0, 0.1) is 5.92 Å². The number of carbonyl (C=O) groups is 2.